The number of halogens is 2. The van der Waals surface area contributed by atoms with E-state index in [0.717, 1.165) is 0 Å². The smallest absolute Gasteiger partial charge is 0.123 e. The van der Waals surface area contributed by atoms with Gasteiger partial charge in [0.2, 0.25) is 0 Å². The minimum Gasteiger partial charge on any atom is -0.315 e. The molecule has 0 saturated carbocycles. The van der Waals surface area contributed by atoms with Gasteiger partial charge in [-0.3, -0.25) is 0 Å². The van der Waals surface area contributed by atoms with Gasteiger partial charge in [0.05, 0.1) is 6.17 Å². The summed E-state index contributed by atoms with van der Waals surface area (Å²) in [5.41, 5.74) is 7.80. The van der Waals surface area contributed by atoms with Gasteiger partial charge in [0, 0.05) is 11.4 Å². The van der Waals surface area contributed by atoms with Crippen molar-refractivity contribution in [1.82, 2.24) is 5.48 Å². The number of nitrogens with one attached hydrogen (secondary N) is 1. The van der Waals surface area contributed by atoms with Crippen LogP contribution in [-0.2, 0) is 6.42 Å². The van der Waals surface area contributed by atoms with Crippen molar-refractivity contribution in [1.29, 1.82) is 0 Å². The quantitative estimate of drug-likeness (QED) is 0.514. The molecule has 4 N–H and O–H groups in total. The third-order valence-electron chi connectivity index (χ3n) is 1.61. The Morgan fingerprint density at radius 1 is 1.62 bits per heavy atom. The van der Waals surface area contributed by atoms with Crippen LogP contribution in [0.25, 0.3) is 0 Å². The lowest BCUT2D eigenvalue weighted by atomic mass is 10.1. The molecule has 0 heterocycles. The minimum atomic E-state index is -0.640. The summed E-state index contributed by atoms with van der Waals surface area (Å²) in [5.74, 6) is -0.371. The minimum absolute atomic E-state index is 0.271. The Bertz CT molecular complexity index is 295. The van der Waals surface area contributed by atoms with Crippen LogP contribution >= 0.6 is 11.6 Å². The SMILES string of the molecule is NC(Cc1cc(F)ccc1Cl)NO. The second-order valence-corrected chi connectivity index (χ2v) is 3.08. The number of hydroxylamine groups is 1. The van der Waals surface area contributed by atoms with Crippen molar-refractivity contribution in [3.8, 4) is 0 Å². The fourth-order valence-corrected chi connectivity index (χ4v) is 1.18. The zero-order valence-electron chi connectivity index (χ0n) is 6.80. The summed E-state index contributed by atoms with van der Waals surface area (Å²) in [4.78, 5) is 0. The molecule has 72 valence electrons. The third-order valence-corrected chi connectivity index (χ3v) is 1.98. The van der Waals surface area contributed by atoms with E-state index in [2.05, 4.69) is 0 Å². The van der Waals surface area contributed by atoms with E-state index < -0.39 is 6.17 Å². The Balaban J connectivity index is 2.81. The van der Waals surface area contributed by atoms with E-state index in [9.17, 15) is 4.39 Å². The average molecular weight is 205 g/mol. The maximum atomic E-state index is 12.7. The molecule has 0 aliphatic carbocycles. The Morgan fingerprint density at radius 2 is 2.31 bits per heavy atom. The molecule has 1 atom stereocenters. The Hall–Kier alpha value is -0.680. The maximum absolute atomic E-state index is 12.7. The van der Waals surface area contributed by atoms with Gasteiger partial charge < -0.3 is 10.9 Å². The van der Waals surface area contributed by atoms with Crippen LogP contribution in [0.3, 0.4) is 0 Å². The molecule has 1 aromatic rings. The van der Waals surface area contributed by atoms with E-state index in [-0.39, 0.29) is 12.2 Å². The van der Waals surface area contributed by atoms with E-state index in [1.807, 2.05) is 5.48 Å². The van der Waals surface area contributed by atoms with Crippen molar-refractivity contribution < 1.29 is 9.60 Å². The first-order valence-corrected chi connectivity index (χ1v) is 4.10. The molecule has 0 spiro atoms. The van der Waals surface area contributed by atoms with E-state index in [1.165, 1.54) is 18.2 Å². The summed E-state index contributed by atoms with van der Waals surface area (Å²) < 4.78 is 12.7. The fourth-order valence-electron chi connectivity index (χ4n) is 0.982. The molecule has 0 aromatic heterocycles. The van der Waals surface area contributed by atoms with Gasteiger partial charge in [0.25, 0.3) is 0 Å². The molecule has 0 radical (unpaired) electrons. The summed E-state index contributed by atoms with van der Waals surface area (Å²) in [6, 6.07) is 4.01. The summed E-state index contributed by atoms with van der Waals surface area (Å²) in [7, 11) is 0. The Kier molecular flexibility index (Phi) is 3.62. The summed E-state index contributed by atoms with van der Waals surface area (Å²) in [6.07, 6.45) is -0.369. The lowest BCUT2D eigenvalue weighted by Crippen LogP contribution is -2.36. The highest BCUT2D eigenvalue weighted by molar-refractivity contribution is 6.31. The molecule has 0 saturated heterocycles. The maximum Gasteiger partial charge on any atom is 0.123 e. The molecule has 1 rings (SSSR count). The van der Waals surface area contributed by atoms with Crippen LogP contribution in [0.5, 0.6) is 0 Å². The molecular weight excluding hydrogens is 195 g/mol. The standard InChI is InChI=1S/C8H10ClFN2O/c9-7-2-1-6(10)3-5(7)4-8(11)12-13/h1-3,8,12-13H,4,11H2. The zero-order chi connectivity index (χ0) is 9.84. The molecule has 5 heteroatoms. The largest absolute Gasteiger partial charge is 0.315 e. The van der Waals surface area contributed by atoms with Gasteiger partial charge in [-0.05, 0) is 23.8 Å². The highest BCUT2D eigenvalue weighted by atomic mass is 35.5. The van der Waals surface area contributed by atoms with E-state index >= 15 is 0 Å². The lowest BCUT2D eigenvalue weighted by Gasteiger charge is -2.10. The molecule has 0 fully saturated rings. The van der Waals surface area contributed by atoms with Crippen LogP contribution in [-0.4, -0.2) is 11.4 Å². The van der Waals surface area contributed by atoms with Gasteiger partial charge in [-0.25, -0.2) is 4.39 Å². The molecule has 3 nitrogen and oxygen atoms in total. The van der Waals surface area contributed by atoms with Crippen molar-refractivity contribution in [2.75, 3.05) is 0 Å². The number of benzene rings is 1. The monoisotopic (exact) mass is 204 g/mol. The van der Waals surface area contributed by atoms with Crippen LogP contribution < -0.4 is 11.2 Å². The summed E-state index contributed by atoms with van der Waals surface area (Å²) in [5, 5.41) is 8.88. The second-order valence-electron chi connectivity index (χ2n) is 2.68. The predicted molar refractivity (Wildman–Crippen MR) is 48.0 cm³/mol. The van der Waals surface area contributed by atoms with Gasteiger partial charge >= 0.3 is 0 Å². The zero-order valence-corrected chi connectivity index (χ0v) is 7.55. The Labute approximate surface area is 80.3 Å². The first-order valence-electron chi connectivity index (χ1n) is 3.72. The molecule has 13 heavy (non-hydrogen) atoms. The van der Waals surface area contributed by atoms with Crippen molar-refractivity contribution in [2.24, 2.45) is 5.73 Å². The second kappa shape index (κ2) is 4.53. The summed E-state index contributed by atoms with van der Waals surface area (Å²) in [6.45, 7) is 0. The molecule has 0 aliphatic heterocycles. The van der Waals surface area contributed by atoms with Gasteiger partial charge in [-0.2, -0.15) is 5.48 Å². The predicted octanol–water partition coefficient (Wildman–Crippen LogP) is 1.29. The fraction of sp³-hybridized carbons (Fsp3) is 0.250. The normalized spacial score (nSPS) is 12.9. The average Bonchev–Trinajstić information content (AvgIpc) is 2.11. The lowest BCUT2D eigenvalue weighted by molar-refractivity contribution is 0.128. The number of hydrogen-bond acceptors (Lipinski definition) is 3. The topological polar surface area (TPSA) is 58.3 Å². The third kappa shape index (κ3) is 2.93. The van der Waals surface area contributed by atoms with Gasteiger partial charge in [-0.15, -0.1) is 0 Å². The molecule has 0 amide bonds. The molecule has 0 aliphatic rings. The van der Waals surface area contributed by atoms with Crippen molar-refractivity contribution in [3.05, 3.63) is 34.6 Å². The van der Waals surface area contributed by atoms with Crippen LogP contribution in [0, 0.1) is 5.82 Å². The van der Waals surface area contributed by atoms with E-state index in [1.54, 1.807) is 0 Å². The highest BCUT2D eigenvalue weighted by Gasteiger charge is 2.06. The van der Waals surface area contributed by atoms with Crippen LogP contribution in [0.4, 0.5) is 4.39 Å². The number of hydrogen-bond donors (Lipinski definition) is 3. The van der Waals surface area contributed by atoms with Gasteiger partial charge in [0.1, 0.15) is 5.82 Å². The first kappa shape index (κ1) is 10.4. The molecule has 1 aromatic carbocycles. The van der Waals surface area contributed by atoms with Crippen LogP contribution in [0.2, 0.25) is 5.02 Å². The highest BCUT2D eigenvalue weighted by Crippen LogP contribution is 2.17. The summed E-state index contributed by atoms with van der Waals surface area (Å²) >= 11 is 5.77. The molecular formula is C8H10ClFN2O. The van der Waals surface area contributed by atoms with E-state index in [4.69, 9.17) is 22.5 Å². The van der Waals surface area contributed by atoms with Crippen molar-refractivity contribution >= 4 is 11.6 Å². The first-order chi connectivity index (χ1) is 6.13. The van der Waals surface area contributed by atoms with Crippen molar-refractivity contribution in [3.63, 3.8) is 0 Å². The van der Waals surface area contributed by atoms with Gasteiger partial charge in [-0.1, -0.05) is 11.6 Å². The van der Waals surface area contributed by atoms with Crippen LogP contribution in [0.15, 0.2) is 18.2 Å². The van der Waals surface area contributed by atoms with Crippen LogP contribution in [0.1, 0.15) is 5.56 Å². The molecule has 0 bridgehead atoms. The number of rotatable bonds is 3. The molecule has 1 unspecified atom stereocenters. The van der Waals surface area contributed by atoms with E-state index in [0.29, 0.717) is 10.6 Å². The number of nitrogens with two attached hydrogens (primary N) is 1. The van der Waals surface area contributed by atoms with Gasteiger partial charge in [0.15, 0.2) is 0 Å². The Morgan fingerprint density at radius 3 is 2.92 bits per heavy atom. The van der Waals surface area contributed by atoms with Crippen molar-refractivity contribution in [2.45, 2.75) is 12.6 Å².